The molecule has 0 unspecified atom stereocenters. The molecule has 2 fully saturated rings. The number of nitrogens with zero attached hydrogens (tertiary/aromatic N) is 2. The van der Waals surface area contributed by atoms with Gasteiger partial charge in [0.15, 0.2) is 0 Å². The third-order valence-corrected chi connectivity index (χ3v) is 4.52. The second-order valence-electron chi connectivity index (χ2n) is 5.68. The summed E-state index contributed by atoms with van der Waals surface area (Å²) in [5.41, 5.74) is 1.78. The van der Waals surface area contributed by atoms with Crippen molar-refractivity contribution in [1.29, 1.82) is 0 Å². The second-order valence-corrected chi connectivity index (χ2v) is 7.42. The highest BCUT2D eigenvalue weighted by molar-refractivity contribution is 7.92. The van der Waals surface area contributed by atoms with E-state index in [9.17, 15) is 8.42 Å². The van der Waals surface area contributed by atoms with E-state index in [0.29, 0.717) is 5.69 Å². The molecule has 7 heteroatoms. The molecule has 0 radical (unpaired) electrons. The van der Waals surface area contributed by atoms with E-state index in [-0.39, 0.29) is 12.4 Å². The number of hydrogen-bond donors (Lipinski definition) is 1. The molecular weight excluding hydrogens is 310 g/mol. The maximum absolute atomic E-state index is 11.2. The van der Waals surface area contributed by atoms with Crippen molar-refractivity contribution in [3.8, 4) is 0 Å². The molecule has 3 rings (SSSR count). The highest BCUT2D eigenvalue weighted by Crippen LogP contribution is 2.28. The zero-order valence-electron chi connectivity index (χ0n) is 12.2. The molecule has 1 aromatic rings. The van der Waals surface area contributed by atoms with Gasteiger partial charge in [0.1, 0.15) is 0 Å². The number of halogens is 1. The third-order valence-electron chi connectivity index (χ3n) is 3.91. The minimum atomic E-state index is -3.20. The van der Waals surface area contributed by atoms with E-state index in [1.165, 1.54) is 18.5 Å². The highest BCUT2D eigenvalue weighted by Gasteiger charge is 2.31. The summed E-state index contributed by atoms with van der Waals surface area (Å²) in [4.78, 5) is 4.94. The zero-order chi connectivity index (χ0) is 14.2. The van der Waals surface area contributed by atoms with Crippen LogP contribution in [0.15, 0.2) is 24.3 Å². The summed E-state index contributed by atoms with van der Waals surface area (Å²) in [5.74, 6) is 0. The second kappa shape index (κ2) is 6.42. The zero-order valence-corrected chi connectivity index (χ0v) is 13.8. The van der Waals surface area contributed by atoms with Gasteiger partial charge in [0, 0.05) is 43.6 Å². The number of benzene rings is 1. The summed E-state index contributed by atoms with van der Waals surface area (Å²) in [7, 11) is -3.20. The maximum Gasteiger partial charge on any atom is 0.229 e. The van der Waals surface area contributed by atoms with E-state index in [1.54, 1.807) is 0 Å². The molecular formula is C14H22ClN3O2S. The number of hydrogen-bond acceptors (Lipinski definition) is 4. The molecule has 0 aromatic heterocycles. The van der Waals surface area contributed by atoms with E-state index < -0.39 is 10.0 Å². The lowest BCUT2D eigenvalue weighted by Gasteiger charge is -2.36. The van der Waals surface area contributed by atoms with Gasteiger partial charge in [-0.15, -0.1) is 12.4 Å². The Morgan fingerprint density at radius 2 is 1.62 bits per heavy atom. The van der Waals surface area contributed by atoms with Crippen LogP contribution in [0.2, 0.25) is 0 Å². The average Bonchev–Trinajstić information content (AvgIpc) is 3.22. The van der Waals surface area contributed by atoms with Crippen LogP contribution in [-0.2, 0) is 10.0 Å². The van der Waals surface area contributed by atoms with Crippen molar-refractivity contribution >= 4 is 33.8 Å². The van der Waals surface area contributed by atoms with Crippen LogP contribution in [-0.4, -0.2) is 51.8 Å². The molecule has 0 atom stereocenters. The fraction of sp³-hybridized carbons (Fsp3) is 0.571. The topological polar surface area (TPSA) is 52.7 Å². The number of anilines is 2. The lowest BCUT2D eigenvalue weighted by atomic mass is 10.2. The van der Waals surface area contributed by atoms with E-state index in [2.05, 4.69) is 14.5 Å². The Hall–Kier alpha value is -0.980. The van der Waals surface area contributed by atoms with Crippen LogP contribution < -0.4 is 9.62 Å². The molecule has 0 spiro atoms. The van der Waals surface area contributed by atoms with Gasteiger partial charge in [0.2, 0.25) is 10.0 Å². The number of rotatable bonds is 4. The Bertz CT molecular complexity index is 564. The van der Waals surface area contributed by atoms with Gasteiger partial charge < -0.3 is 4.90 Å². The molecule has 2 aliphatic rings. The first kappa shape index (κ1) is 16.4. The molecule has 1 aliphatic carbocycles. The van der Waals surface area contributed by atoms with Crippen molar-refractivity contribution in [3.05, 3.63) is 24.3 Å². The van der Waals surface area contributed by atoms with E-state index in [0.717, 1.165) is 38.5 Å². The summed E-state index contributed by atoms with van der Waals surface area (Å²) in [6, 6.07) is 8.46. The molecule has 1 heterocycles. The quantitative estimate of drug-likeness (QED) is 0.913. The van der Waals surface area contributed by atoms with Gasteiger partial charge in [0.05, 0.1) is 6.26 Å². The first-order valence-electron chi connectivity index (χ1n) is 7.08. The first-order chi connectivity index (χ1) is 9.51. The van der Waals surface area contributed by atoms with Gasteiger partial charge in [-0.3, -0.25) is 9.62 Å². The van der Waals surface area contributed by atoms with Crippen LogP contribution in [0.5, 0.6) is 0 Å². The van der Waals surface area contributed by atoms with Crippen molar-refractivity contribution in [2.24, 2.45) is 0 Å². The lowest BCUT2D eigenvalue weighted by molar-refractivity contribution is 0.248. The van der Waals surface area contributed by atoms with Gasteiger partial charge >= 0.3 is 0 Å². The fourth-order valence-electron chi connectivity index (χ4n) is 2.74. The summed E-state index contributed by atoms with van der Waals surface area (Å²) in [6.45, 7) is 4.37. The summed E-state index contributed by atoms with van der Waals surface area (Å²) < 4.78 is 24.8. The normalized spacial score (nSPS) is 20.0. The maximum atomic E-state index is 11.2. The Kier molecular flexibility index (Phi) is 5.01. The van der Waals surface area contributed by atoms with E-state index >= 15 is 0 Å². The molecule has 0 amide bonds. The monoisotopic (exact) mass is 331 g/mol. The molecule has 21 heavy (non-hydrogen) atoms. The van der Waals surface area contributed by atoms with Gasteiger partial charge in [-0.2, -0.15) is 0 Å². The average molecular weight is 332 g/mol. The fourth-order valence-corrected chi connectivity index (χ4v) is 3.30. The Morgan fingerprint density at radius 1 is 1.05 bits per heavy atom. The highest BCUT2D eigenvalue weighted by atomic mass is 35.5. The van der Waals surface area contributed by atoms with Crippen LogP contribution in [0.1, 0.15) is 12.8 Å². The Balaban J connectivity index is 0.00000161. The molecule has 1 aliphatic heterocycles. The van der Waals surface area contributed by atoms with Gasteiger partial charge in [-0.1, -0.05) is 0 Å². The van der Waals surface area contributed by atoms with Crippen molar-refractivity contribution in [1.82, 2.24) is 4.90 Å². The van der Waals surface area contributed by atoms with Crippen molar-refractivity contribution in [2.75, 3.05) is 42.1 Å². The largest absolute Gasteiger partial charge is 0.369 e. The van der Waals surface area contributed by atoms with Crippen LogP contribution in [0.25, 0.3) is 0 Å². The standard InChI is InChI=1S/C14H21N3O2S.ClH/c1-20(18,19)15-12-2-4-13(5-3-12)16-8-10-17(11-9-16)14-6-7-14;/h2-5,14-15H,6-11H2,1H3;1H. The number of nitrogens with one attached hydrogen (secondary N) is 1. The minimum Gasteiger partial charge on any atom is -0.369 e. The molecule has 1 aromatic carbocycles. The Labute approximate surface area is 132 Å². The molecule has 1 saturated carbocycles. The summed E-state index contributed by atoms with van der Waals surface area (Å²) >= 11 is 0. The first-order valence-corrected chi connectivity index (χ1v) is 8.97. The van der Waals surface area contributed by atoms with Crippen molar-refractivity contribution in [2.45, 2.75) is 18.9 Å². The molecule has 0 bridgehead atoms. The van der Waals surface area contributed by atoms with Crippen LogP contribution in [0.3, 0.4) is 0 Å². The van der Waals surface area contributed by atoms with Crippen LogP contribution >= 0.6 is 12.4 Å². The summed E-state index contributed by atoms with van der Waals surface area (Å²) in [6.07, 6.45) is 3.90. The number of sulfonamides is 1. The molecule has 1 saturated heterocycles. The number of piperazine rings is 1. The van der Waals surface area contributed by atoms with Crippen LogP contribution in [0, 0.1) is 0 Å². The predicted molar refractivity (Wildman–Crippen MR) is 89.0 cm³/mol. The van der Waals surface area contributed by atoms with Gasteiger partial charge in [-0.05, 0) is 37.1 Å². The van der Waals surface area contributed by atoms with Gasteiger partial charge in [0.25, 0.3) is 0 Å². The Morgan fingerprint density at radius 3 is 2.10 bits per heavy atom. The lowest BCUT2D eigenvalue weighted by Crippen LogP contribution is -2.47. The van der Waals surface area contributed by atoms with Crippen molar-refractivity contribution < 1.29 is 8.42 Å². The van der Waals surface area contributed by atoms with Gasteiger partial charge in [-0.25, -0.2) is 8.42 Å². The predicted octanol–water partition coefficient (Wildman–Crippen LogP) is 1.76. The van der Waals surface area contributed by atoms with Crippen molar-refractivity contribution in [3.63, 3.8) is 0 Å². The molecule has 1 N–H and O–H groups in total. The smallest absolute Gasteiger partial charge is 0.229 e. The minimum absolute atomic E-state index is 0. The van der Waals surface area contributed by atoms with E-state index in [4.69, 9.17) is 0 Å². The summed E-state index contributed by atoms with van der Waals surface area (Å²) in [5, 5.41) is 0. The third kappa shape index (κ3) is 4.49. The molecule has 118 valence electrons. The molecule has 5 nitrogen and oxygen atoms in total. The van der Waals surface area contributed by atoms with E-state index in [1.807, 2.05) is 24.3 Å². The van der Waals surface area contributed by atoms with Crippen LogP contribution in [0.4, 0.5) is 11.4 Å². The SMILES string of the molecule is CS(=O)(=O)Nc1ccc(N2CCN(C3CC3)CC2)cc1.Cl.